The molecule has 0 bridgehead atoms. The molecule has 1 heterocycles. The maximum absolute atomic E-state index is 13.4. The number of rotatable bonds is 6. The summed E-state index contributed by atoms with van der Waals surface area (Å²) in [7, 11) is 1.78. The van der Waals surface area contributed by atoms with Gasteiger partial charge in [-0.05, 0) is 68.4 Å². The van der Waals surface area contributed by atoms with Crippen LogP contribution in [0.5, 0.6) is 0 Å². The molecule has 1 N–H and O–H groups in total. The van der Waals surface area contributed by atoms with E-state index in [2.05, 4.69) is 11.4 Å². The minimum atomic E-state index is -0.367. The summed E-state index contributed by atoms with van der Waals surface area (Å²) in [6.07, 6.45) is 0. The summed E-state index contributed by atoms with van der Waals surface area (Å²) < 4.78 is 28.1. The van der Waals surface area contributed by atoms with Gasteiger partial charge in [0, 0.05) is 17.9 Å². The molecular weight excluding hydrogens is 386 g/mol. The number of benzene rings is 2. The first-order valence-electron chi connectivity index (χ1n) is 9.41. The quantitative estimate of drug-likeness (QED) is 0.661. The molecule has 0 radical (unpaired) electrons. The smallest absolute Gasteiger partial charge is 0.239 e. The molecule has 0 spiro atoms. The van der Waals surface area contributed by atoms with Gasteiger partial charge < -0.3 is 5.32 Å². The number of carbonyl (C=O) groups is 1. The van der Waals surface area contributed by atoms with Crippen molar-refractivity contribution in [3.8, 4) is 11.8 Å². The van der Waals surface area contributed by atoms with E-state index in [4.69, 9.17) is 0 Å². The number of halogens is 2. The van der Waals surface area contributed by atoms with Crippen molar-refractivity contribution in [2.24, 2.45) is 0 Å². The third kappa shape index (κ3) is 4.56. The van der Waals surface area contributed by atoms with Crippen molar-refractivity contribution in [2.75, 3.05) is 18.9 Å². The Kier molecular flexibility index (Phi) is 6.28. The minimum absolute atomic E-state index is 0.0783. The maximum Gasteiger partial charge on any atom is 0.239 e. The van der Waals surface area contributed by atoms with Crippen LogP contribution >= 0.6 is 0 Å². The molecule has 1 amide bonds. The highest BCUT2D eigenvalue weighted by Crippen LogP contribution is 2.30. The highest BCUT2D eigenvalue weighted by Gasteiger charge is 2.21. The molecule has 0 unspecified atom stereocenters. The van der Waals surface area contributed by atoms with Crippen LogP contribution in [0.25, 0.3) is 5.69 Å². The summed E-state index contributed by atoms with van der Waals surface area (Å²) >= 11 is 0. The lowest BCUT2D eigenvalue weighted by Gasteiger charge is -2.18. The summed E-state index contributed by atoms with van der Waals surface area (Å²) in [5, 5.41) is 12.5. The Bertz CT molecular complexity index is 1100. The molecular formula is C23H22F2N4O. The first-order chi connectivity index (χ1) is 14.3. The monoisotopic (exact) mass is 408 g/mol. The Labute approximate surface area is 174 Å². The number of anilines is 1. The lowest BCUT2D eigenvalue weighted by Crippen LogP contribution is -2.30. The Morgan fingerprint density at radius 1 is 1.07 bits per heavy atom. The number of carbonyl (C=O) groups excluding carboxylic acids is 1. The highest BCUT2D eigenvalue weighted by atomic mass is 19.1. The van der Waals surface area contributed by atoms with Crippen LogP contribution in [0.15, 0.2) is 48.5 Å². The van der Waals surface area contributed by atoms with Crippen molar-refractivity contribution < 1.29 is 13.6 Å². The molecule has 0 aliphatic heterocycles. The van der Waals surface area contributed by atoms with E-state index in [0.29, 0.717) is 23.6 Å². The van der Waals surface area contributed by atoms with Crippen LogP contribution in [0.1, 0.15) is 22.4 Å². The van der Waals surface area contributed by atoms with Gasteiger partial charge in [0.05, 0.1) is 12.1 Å². The van der Waals surface area contributed by atoms with Crippen molar-refractivity contribution in [1.29, 1.82) is 5.26 Å². The van der Waals surface area contributed by atoms with Crippen molar-refractivity contribution >= 4 is 11.7 Å². The van der Waals surface area contributed by atoms with Crippen LogP contribution < -0.4 is 5.32 Å². The first kappa shape index (κ1) is 21.2. The molecule has 3 rings (SSSR count). The fourth-order valence-corrected chi connectivity index (χ4v) is 3.35. The number of hydrogen-bond donors (Lipinski definition) is 1. The van der Waals surface area contributed by atoms with Crippen molar-refractivity contribution in [3.05, 3.63) is 82.5 Å². The molecule has 0 atom stereocenters. The molecule has 0 saturated carbocycles. The van der Waals surface area contributed by atoms with Crippen molar-refractivity contribution in [1.82, 2.24) is 9.47 Å². The summed E-state index contributed by atoms with van der Waals surface area (Å²) in [6, 6.07) is 14.1. The fraction of sp³-hybridized carbons (Fsp3) is 0.217. The number of likely N-dealkylation sites (N-methyl/N-ethyl adjacent to an activating group) is 1. The molecule has 0 aliphatic carbocycles. The minimum Gasteiger partial charge on any atom is -0.310 e. The standard InChI is InChI=1S/C23H22F2N4O/c1-15-16(2)29(20-10-8-19(25)9-11-20)23(21(15)12-26)27-22(30)14-28(3)13-17-4-6-18(24)7-5-17/h4-11H,13-14H2,1-3H3,(H,27,30). The van der Waals surface area contributed by atoms with E-state index in [1.54, 1.807) is 40.8 Å². The maximum atomic E-state index is 13.4. The van der Waals surface area contributed by atoms with Crippen LogP contribution in [0.2, 0.25) is 0 Å². The third-order valence-electron chi connectivity index (χ3n) is 4.95. The van der Waals surface area contributed by atoms with Crippen LogP contribution in [0.4, 0.5) is 14.6 Å². The SMILES string of the molecule is Cc1c(C#N)c(NC(=O)CN(C)Cc2ccc(F)cc2)n(-c2ccc(F)cc2)c1C. The van der Waals surface area contributed by atoms with Gasteiger partial charge in [-0.2, -0.15) is 5.26 Å². The highest BCUT2D eigenvalue weighted by molar-refractivity contribution is 5.93. The fourth-order valence-electron chi connectivity index (χ4n) is 3.35. The summed E-state index contributed by atoms with van der Waals surface area (Å²) in [6.45, 7) is 4.20. The molecule has 2 aromatic carbocycles. The Balaban J connectivity index is 1.82. The predicted octanol–water partition coefficient (Wildman–Crippen LogP) is 4.31. The summed E-state index contributed by atoms with van der Waals surface area (Å²) in [5.41, 5.74) is 3.43. The average Bonchev–Trinajstić information content (AvgIpc) is 2.93. The van der Waals surface area contributed by atoms with Gasteiger partial charge in [0.2, 0.25) is 5.91 Å². The van der Waals surface area contributed by atoms with Crippen LogP contribution in [0, 0.1) is 36.8 Å². The number of hydrogen-bond acceptors (Lipinski definition) is 3. The average molecular weight is 408 g/mol. The van der Waals surface area contributed by atoms with Gasteiger partial charge in [0.25, 0.3) is 0 Å². The molecule has 0 saturated heterocycles. The summed E-state index contributed by atoms with van der Waals surface area (Å²) in [4.78, 5) is 14.5. The van der Waals surface area contributed by atoms with Gasteiger partial charge >= 0.3 is 0 Å². The normalized spacial score (nSPS) is 10.8. The molecule has 5 nitrogen and oxygen atoms in total. The zero-order chi connectivity index (χ0) is 21.8. The Hall–Kier alpha value is -3.50. The van der Waals surface area contributed by atoms with Crippen molar-refractivity contribution in [2.45, 2.75) is 20.4 Å². The van der Waals surface area contributed by atoms with E-state index in [0.717, 1.165) is 16.8 Å². The second-order valence-corrected chi connectivity index (χ2v) is 7.20. The molecule has 3 aromatic rings. The third-order valence-corrected chi connectivity index (χ3v) is 4.95. The van der Waals surface area contributed by atoms with Gasteiger partial charge in [-0.3, -0.25) is 14.3 Å². The molecule has 0 fully saturated rings. The number of nitrogens with zero attached hydrogens (tertiary/aromatic N) is 3. The van der Waals surface area contributed by atoms with E-state index >= 15 is 0 Å². The molecule has 154 valence electrons. The van der Waals surface area contributed by atoms with E-state index < -0.39 is 0 Å². The predicted molar refractivity (Wildman–Crippen MR) is 111 cm³/mol. The lowest BCUT2D eigenvalue weighted by atomic mass is 10.2. The zero-order valence-corrected chi connectivity index (χ0v) is 17.0. The molecule has 7 heteroatoms. The van der Waals surface area contributed by atoms with Gasteiger partial charge in [-0.15, -0.1) is 0 Å². The lowest BCUT2D eigenvalue weighted by molar-refractivity contribution is -0.117. The Morgan fingerprint density at radius 3 is 2.20 bits per heavy atom. The molecule has 1 aromatic heterocycles. The van der Waals surface area contributed by atoms with Crippen molar-refractivity contribution in [3.63, 3.8) is 0 Å². The number of nitriles is 1. The van der Waals surface area contributed by atoms with Gasteiger partial charge in [0.1, 0.15) is 23.5 Å². The number of aromatic nitrogens is 1. The largest absolute Gasteiger partial charge is 0.310 e. The van der Waals surface area contributed by atoms with Gasteiger partial charge in [-0.1, -0.05) is 12.1 Å². The number of nitrogens with one attached hydrogen (secondary N) is 1. The van der Waals surface area contributed by atoms with E-state index in [1.807, 2.05) is 13.8 Å². The summed E-state index contributed by atoms with van der Waals surface area (Å²) in [5.74, 6) is -0.611. The van der Waals surface area contributed by atoms with E-state index in [1.165, 1.54) is 24.3 Å². The zero-order valence-electron chi connectivity index (χ0n) is 17.0. The molecule has 30 heavy (non-hydrogen) atoms. The van der Waals surface area contributed by atoms with Crippen LogP contribution in [-0.2, 0) is 11.3 Å². The first-order valence-corrected chi connectivity index (χ1v) is 9.41. The van der Waals surface area contributed by atoms with E-state index in [9.17, 15) is 18.8 Å². The topological polar surface area (TPSA) is 61.1 Å². The van der Waals surface area contributed by atoms with Gasteiger partial charge in [0.15, 0.2) is 0 Å². The van der Waals surface area contributed by atoms with Crippen LogP contribution in [0.3, 0.4) is 0 Å². The second-order valence-electron chi connectivity index (χ2n) is 7.20. The number of amides is 1. The Morgan fingerprint density at radius 2 is 1.63 bits per heavy atom. The molecule has 0 aliphatic rings. The van der Waals surface area contributed by atoms with E-state index in [-0.39, 0.29) is 24.1 Å². The van der Waals surface area contributed by atoms with Crippen LogP contribution in [-0.4, -0.2) is 29.0 Å². The van der Waals surface area contributed by atoms with Gasteiger partial charge in [-0.25, -0.2) is 8.78 Å². The second kappa shape index (κ2) is 8.89.